The van der Waals surface area contributed by atoms with Gasteiger partial charge in [0.15, 0.2) is 5.15 Å². The van der Waals surface area contributed by atoms with Gasteiger partial charge in [0.05, 0.1) is 11.8 Å². The zero-order chi connectivity index (χ0) is 16.9. The molecule has 1 aliphatic rings. The number of rotatable bonds is 6. The quantitative estimate of drug-likeness (QED) is 0.836. The fourth-order valence-electron chi connectivity index (χ4n) is 3.46. The van der Waals surface area contributed by atoms with Gasteiger partial charge in [0, 0.05) is 25.4 Å². The van der Waals surface area contributed by atoms with Crippen LogP contribution in [0.15, 0.2) is 30.3 Å². The molecule has 2 atom stereocenters. The third kappa shape index (κ3) is 4.18. The summed E-state index contributed by atoms with van der Waals surface area (Å²) in [6.07, 6.45) is 3.81. The van der Waals surface area contributed by atoms with Gasteiger partial charge in [-0.15, -0.1) is 0 Å². The van der Waals surface area contributed by atoms with Crippen molar-refractivity contribution in [1.82, 2.24) is 14.9 Å². The van der Waals surface area contributed by atoms with Crippen molar-refractivity contribution in [2.24, 2.45) is 0 Å². The second-order valence-corrected chi connectivity index (χ2v) is 7.02. The monoisotopic (exact) mass is 347 g/mol. The summed E-state index contributed by atoms with van der Waals surface area (Å²) in [6, 6.07) is 10.3. The summed E-state index contributed by atoms with van der Waals surface area (Å²) in [5, 5.41) is 11.1. The van der Waals surface area contributed by atoms with Gasteiger partial charge >= 0.3 is 0 Å². The van der Waals surface area contributed by atoms with Crippen molar-refractivity contribution in [1.29, 1.82) is 0 Å². The summed E-state index contributed by atoms with van der Waals surface area (Å²) >= 11 is 6.27. The molecule has 2 heterocycles. The van der Waals surface area contributed by atoms with Crippen LogP contribution in [0, 0.1) is 0 Å². The number of imidazole rings is 1. The molecule has 1 aromatic heterocycles. The average molecular weight is 348 g/mol. The molecule has 130 valence electrons. The molecule has 0 aliphatic carbocycles. The number of H-pyrrole nitrogens is 1. The summed E-state index contributed by atoms with van der Waals surface area (Å²) < 4.78 is 0. The molecule has 2 N–H and O–H groups in total. The van der Waals surface area contributed by atoms with E-state index in [1.165, 1.54) is 5.56 Å². The first-order valence-corrected chi connectivity index (χ1v) is 9.23. The van der Waals surface area contributed by atoms with Gasteiger partial charge in [-0.05, 0) is 24.9 Å². The standard InChI is InChI=1S/C19H26ClN3O/c1-2-3-9-18-21-16(19(20)22-18)12-23-11-10-15(17(24)13-23)14-7-5-4-6-8-14/h4-8,15,17,24H,2-3,9-13H2,1H3,(H,21,22)/t15-,17+/m0/s1. The largest absolute Gasteiger partial charge is 0.391 e. The van der Waals surface area contributed by atoms with E-state index in [0.717, 1.165) is 50.3 Å². The Kier molecular flexibility index (Phi) is 5.93. The van der Waals surface area contributed by atoms with Crippen molar-refractivity contribution in [3.05, 3.63) is 52.6 Å². The first-order valence-electron chi connectivity index (χ1n) is 8.86. The average Bonchev–Trinajstić information content (AvgIpc) is 2.93. The van der Waals surface area contributed by atoms with Gasteiger partial charge in [-0.1, -0.05) is 55.3 Å². The highest BCUT2D eigenvalue weighted by Crippen LogP contribution is 2.29. The molecule has 5 heteroatoms. The fourth-order valence-corrected chi connectivity index (χ4v) is 3.67. The third-order valence-electron chi connectivity index (χ3n) is 4.82. The highest BCUT2D eigenvalue weighted by Gasteiger charge is 2.29. The number of benzene rings is 1. The molecular weight excluding hydrogens is 322 g/mol. The van der Waals surface area contributed by atoms with Crippen LogP contribution in [0.1, 0.15) is 49.2 Å². The van der Waals surface area contributed by atoms with Crippen LogP contribution >= 0.6 is 11.6 Å². The van der Waals surface area contributed by atoms with Gasteiger partial charge in [0.2, 0.25) is 0 Å². The molecule has 1 aromatic carbocycles. The summed E-state index contributed by atoms with van der Waals surface area (Å²) in [5.74, 6) is 1.19. The normalized spacial score (nSPS) is 22.0. The first-order chi connectivity index (χ1) is 11.7. The number of likely N-dealkylation sites (tertiary alicyclic amines) is 1. The van der Waals surface area contributed by atoms with Crippen LogP contribution in [0.25, 0.3) is 0 Å². The molecule has 2 aromatic rings. The number of β-amino-alcohol motifs (C(OH)–C–C–N with tert-alkyl or cyclic N) is 1. The summed E-state index contributed by atoms with van der Waals surface area (Å²) in [4.78, 5) is 10.0. The molecule has 0 radical (unpaired) electrons. The van der Waals surface area contributed by atoms with Gasteiger partial charge in [0.25, 0.3) is 0 Å². The Morgan fingerprint density at radius 1 is 1.33 bits per heavy atom. The number of nitrogens with one attached hydrogen (secondary N) is 1. The second-order valence-electron chi connectivity index (χ2n) is 6.66. The van der Waals surface area contributed by atoms with E-state index in [4.69, 9.17) is 11.6 Å². The maximum absolute atomic E-state index is 10.6. The maximum atomic E-state index is 10.6. The number of aromatic nitrogens is 2. The number of aromatic amines is 1. The number of aliphatic hydroxyl groups is 1. The number of aliphatic hydroxyl groups excluding tert-OH is 1. The molecule has 0 unspecified atom stereocenters. The van der Waals surface area contributed by atoms with Crippen LogP contribution in [0.3, 0.4) is 0 Å². The van der Waals surface area contributed by atoms with Crippen molar-refractivity contribution in [2.45, 2.75) is 51.2 Å². The van der Waals surface area contributed by atoms with Gasteiger partial charge in [-0.3, -0.25) is 4.90 Å². The van der Waals surface area contributed by atoms with Gasteiger partial charge in [-0.2, -0.15) is 0 Å². The van der Waals surface area contributed by atoms with Crippen molar-refractivity contribution in [3.8, 4) is 0 Å². The lowest BCUT2D eigenvalue weighted by Gasteiger charge is -2.36. The van der Waals surface area contributed by atoms with Crippen LogP contribution in [-0.4, -0.2) is 39.2 Å². The molecule has 0 amide bonds. The van der Waals surface area contributed by atoms with Crippen molar-refractivity contribution in [3.63, 3.8) is 0 Å². The van der Waals surface area contributed by atoms with E-state index in [1.54, 1.807) is 0 Å². The molecule has 1 fully saturated rings. The van der Waals surface area contributed by atoms with E-state index in [1.807, 2.05) is 18.2 Å². The Bertz CT molecular complexity index is 643. The lowest BCUT2D eigenvalue weighted by Crippen LogP contribution is -2.42. The molecule has 3 rings (SSSR count). The number of piperidine rings is 1. The maximum Gasteiger partial charge on any atom is 0.151 e. The topological polar surface area (TPSA) is 52.1 Å². The van der Waals surface area contributed by atoms with E-state index in [0.29, 0.717) is 11.7 Å². The molecule has 24 heavy (non-hydrogen) atoms. The van der Waals surface area contributed by atoms with E-state index in [-0.39, 0.29) is 12.0 Å². The number of hydrogen-bond donors (Lipinski definition) is 2. The lowest BCUT2D eigenvalue weighted by atomic mass is 9.87. The van der Waals surface area contributed by atoms with Gasteiger partial charge < -0.3 is 10.1 Å². The van der Waals surface area contributed by atoms with E-state index in [9.17, 15) is 5.11 Å². The van der Waals surface area contributed by atoms with Crippen LogP contribution in [0.4, 0.5) is 0 Å². The lowest BCUT2D eigenvalue weighted by molar-refractivity contribution is 0.0472. The number of hydrogen-bond acceptors (Lipinski definition) is 3. The van der Waals surface area contributed by atoms with Crippen LogP contribution in [0.2, 0.25) is 5.15 Å². The van der Waals surface area contributed by atoms with Crippen LogP contribution in [-0.2, 0) is 13.0 Å². The minimum atomic E-state index is -0.345. The third-order valence-corrected chi connectivity index (χ3v) is 5.13. The highest BCUT2D eigenvalue weighted by molar-refractivity contribution is 6.30. The van der Waals surface area contributed by atoms with Crippen molar-refractivity contribution >= 4 is 11.6 Å². The Balaban J connectivity index is 1.59. The predicted molar refractivity (Wildman–Crippen MR) is 97.3 cm³/mol. The van der Waals surface area contributed by atoms with Gasteiger partial charge in [-0.25, -0.2) is 4.98 Å². The number of nitrogens with zero attached hydrogens (tertiary/aromatic N) is 2. The predicted octanol–water partition coefficient (Wildman–Crippen LogP) is 3.76. The van der Waals surface area contributed by atoms with Crippen molar-refractivity contribution < 1.29 is 5.11 Å². The van der Waals surface area contributed by atoms with Gasteiger partial charge in [0.1, 0.15) is 5.82 Å². The Labute approximate surface area is 148 Å². The Morgan fingerprint density at radius 2 is 2.12 bits per heavy atom. The van der Waals surface area contributed by atoms with E-state index >= 15 is 0 Å². The summed E-state index contributed by atoms with van der Waals surface area (Å²) in [5.41, 5.74) is 2.19. The zero-order valence-electron chi connectivity index (χ0n) is 14.2. The SMILES string of the molecule is CCCCc1nc(Cl)c(CN2CC[C@@H](c3ccccc3)[C@H](O)C2)[nH]1. The number of unbranched alkanes of at least 4 members (excludes halogenated alkanes) is 1. The smallest absolute Gasteiger partial charge is 0.151 e. The molecular formula is C19H26ClN3O. The number of halogens is 1. The molecule has 0 saturated carbocycles. The fraction of sp³-hybridized carbons (Fsp3) is 0.526. The minimum absolute atomic E-state index is 0.222. The van der Waals surface area contributed by atoms with Crippen LogP contribution < -0.4 is 0 Å². The van der Waals surface area contributed by atoms with E-state index < -0.39 is 0 Å². The zero-order valence-corrected chi connectivity index (χ0v) is 15.0. The minimum Gasteiger partial charge on any atom is -0.391 e. The Morgan fingerprint density at radius 3 is 2.83 bits per heavy atom. The molecule has 0 spiro atoms. The molecule has 1 aliphatic heterocycles. The second kappa shape index (κ2) is 8.15. The molecule has 0 bridgehead atoms. The first kappa shape index (κ1) is 17.5. The number of aryl methyl sites for hydroxylation is 1. The summed E-state index contributed by atoms with van der Waals surface area (Å²) in [7, 11) is 0. The van der Waals surface area contributed by atoms with Crippen LogP contribution in [0.5, 0.6) is 0 Å². The molecule has 1 saturated heterocycles. The van der Waals surface area contributed by atoms with E-state index in [2.05, 4.69) is 33.9 Å². The van der Waals surface area contributed by atoms with Crippen molar-refractivity contribution in [2.75, 3.05) is 13.1 Å². The molecule has 4 nitrogen and oxygen atoms in total. The Hall–Kier alpha value is -1.36. The summed E-state index contributed by atoms with van der Waals surface area (Å²) in [6.45, 7) is 4.51. The highest BCUT2D eigenvalue weighted by atomic mass is 35.5.